The van der Waals surface area contributed by atoms with Gasteiger partial charge in [0.2, 0.25) is 5.69 Å². The van der Waals surface area contributed by atoms with Crippen LogP contribution in [-0.2, 0) is 11.8 Å². The predicted octanol–water partition coefficient (Wildman–Crippen LogP) is 9.30. The molecule has 0 spiro atoms. The van der Waals surface area contributed by atoms with Gasteiger partial charge < -0.3 is 0 Å². The third-order valence-corrected chi connectivity index (χ3v) is 8.67. The summed E-state index contributed by atoms with van der Waals surface area (Å²) in [5.74, 6) is 0. The average molecular weight is 481 g/mol. The Morgan fingerprint density at radius 2 is 1.37 bits per heavy atom. The van der Waals surface area contributed by atoms with Gasteiger partial charge in [0.1, 0.15) is 0 Å². The van der Waals surface area contributed by atoms with Crippen LogP contribution < -0.4 is 4.57 Å². The van der Waals surface area contributed by atoms with Crippen molar-refractivity contribution in [2.75, 3.05) is 0 Å². The average Bonchev–Trinajstić information content (AvgIpc) is 3.14. The highest BCUT2D eigenvalue weighted by Gasteiger charge is 2.28. The maximum Gasteiger partial charge on any atom is 0.276 e. The smallest absolute Gasteiger partial charge is 0.148 e. The van der Waals surface area contributed by atoms with Crippen LogP contribution in [0.25, 0.3) is 36.8 Å². The Morgan fingerprint density at radius 1 is 0.714 bits per heavy atom. The lowest BCUT2D eigenvalue weighted by molar-refractivity contribution is -0.572. The van der Waals surface area contributed by atoms with Gasteiger partial charge in [0.25, 0.3) is 4.83 Å². The number of pyridine rings is 1. The molecule has 0 aliphatic rings. The molecule has 0 aliphatic heterocycles. The van der Waals surface area contributed by atoms with Crippen LogP contribution in [0.4, 0.5) is 0 Å². The van der Waals surface area contributed by atoms with Crippen molar-refractivity contribution in [2.45, 2.75) is 74.1 Å². The normalized spacial score (nSPS) is 12.8. The third kappa shape index (κ3) is 4.06. The van der Waals surface area contributed by atoms with Gasteiger partial charge in [-0.1, -0.05) is 89.3 Å². The van der Waals surface area contributed by atoms with Crippen molar-refractivity contribution in [3.05, 3.63) is 82.5 Å². The van der Waals surface area contributed by atoms with Crippen molar-refractivity contribution in [3.8, 4) is 5.69 Å². The van der Waals surface area contributed by atoms with E-state index in [9.17, 15) is 0 Å². The zero-order chi connectivity index (χ0) is 25.3. The van der Waals surface area contributed by atoms with E-state index in [4.69, 9.17) is 0 Å². The molecule has 0 saturated carbocycles. The Balaban J connectivity index is 1.86. The van der Waals surface area contributed by atoms with Crippen molar-refractivity contribution in [1.29, 1.82) is 0 Å². The second kappa shape index (κ2) is 8.17. The summed E-state index contributed by atoms with van der Waals surface area (Å²) in [6, 6.07) is 20.7. The maximum atomic E-state index is 2.51. The van der Waals surface area contributed by atoms with E-state index in [1.807, 2.05) is 11.3 Å². The summed E-state index contributed by atoms with van der Waals surface area (Å²) in [7, 11) is 0. The molecular formula is C33H38NS+. The highest BCUT2D eigenvalue weighted by atomic mass is 32.1. The second-order valence-electron chi connectivity index (χ2n) is 12.5. The predicted molar refractivity (Wildman–Crippen MR) is 154 cm³/mol. The number of hydrogen-bond acceptors (Lipinski definition) is 1. The Bertz CT molecular complexity index is 1600. The lowest BCUT2D eigenvalue weighted by Crippen LogP contribution is -2.36. The summed E-state index contributed by atoms with van der Waals surface area (Å²) in [4.78, 5) is 1.34. The van der Waals surface area contributed by atoms with Crippen LogP contribution in [-0.4, -0.2) is 0 Å². The molecule has 0 aliphatic carbocycles. The number of nitrogens with zero attached hydrogens (tertiary/aromatic N) is 1. The van der Waals surface area contributed by atoms with Crippen molar-refractivity contribution in [2.24, 2.45) is 5.41 Å². The Kier molecular flexibility index (Phi) is 5.60. The first-order valence-electron chi connectivity index (χ1n) is 12.8. The molecule has 35 heavy (non-hydrogen) atoms. The van der Waals surface area contributed by atoms with Crippen LogP contribution in [0.1, 0.15) is 69.5 Å². The lowest BCUT2D eigenvalue weighted by Gasteiger charge is -2.23. The zero-order valence-electron chi connectivity index (χ0n) is 22.8. The molecular weight excluding hydrogens is 442 g/mol. The molecule has 0 radical (unpaired) electrons. The summed E-state index contributed by atoms with van der Waals surface area (Å²) in [5.41, 5.74) is 8.57. The SMILES string of the molecule is Cc1c(-[n+]2c(C)ccc3c4ccc(CC(C)(C)C)c(C)c4sc32)cc(C(C)(C)C)c2ccccc12. The van der Waals surface area contributed by atoms with E-state index < -0.39 is 0 Å². The van der Waals surface area contributed by atoms with E-state index in [0.717, 1.165) is 6.42 Å². The quantitative estimate of drug-likeness (QED) is 0.222. The van der Waals surface area contributed by atoms with E-state index in [0.29, 0.717) is 0 Å². The molecule has 0 fully saturated rings. The number of rotatable bonds is 2. The van der Waals surface area contributed by atoms with E-state index in [-0.39, 0.29) is 10.8 Å². The summed E-state index contributed by atoms with van der Waals surface area (Å²) in [6.45, 7) is 20.8. The van der Waals surface area contributed by atoms with Gasteiger partial charge in [0.05, 0.1) is 5.39 Å². The summed E-state index contributed by atoms with van der Waals surface area (Å²) in [5, 5.41) is 5.45. The molecule has 3 aromatic carbocycles. The number of fused-ring (bicyclic) bond motifs is 4. The van der Waals surface area contributed by atoms with Crippen molar-refractivity contribution >= 4 is 42.4 Å². The highest BCUT2D eigenvalue weighted by molar-refractivity contribution is 7.25. The molecule has 0 N–H and O–H groups in total. The first kappa shape index (κ1) is 24.0. The Hall–Kier alpha value is -2.71. The standard InChI is InChI=1S/C33H38NS/c1-20-14-16-27-26-17-15-23(19-32(4,5)6)21(2)30(26)35-31(27)34(20)29-18-28(33(7,8)9)25-13-11-10-12-24(25)22(29)3/h10-18H,19H2,1-9H3/q+1. The highest BCUT2D eigenvalue weighted by Crippen LogP contribution is 2.39. The van der Waals surface area contributed by atoms with Gasteiger partial charge in [-0.3, -0.25) is 0 Å². The topological polar surface area (TPSA) is 3.88 Å². The minimum atomic E-state index is 0.0586. The zero-order valence-corrected chi connectivity index (χ0v) is 23.6. The fourth-order valence-corrected chi connectivity index (χ4v) is 6.92. The minimum absolute atomic E-state index is 0.0586. The van der Waals surface area contributed by atoms with Crippen molar-refractivity contribution in [1.82, 2.24) is 0 Å². The molecule has 0 saturated heterocycles. The van der Waals surface area contributed by atoms with Gasteiger partial charge in [-0.2, -0.15) is 0 Å². The van der Waals surface area contributed by atoms with Gasteiger partial charge in [-0.05, 0) is 64.6 Å². The third-order valence-electron chi connectivity index (χ3n) is 7.34. The molecule has 2 aromatic heterocycles. The van der Waals surface area contributed by atoms with Gasteiger partial charge in [-0.25, -0.2) is 0 Å². The maximum absolute atomic E-state index is 2.51. The molecule has 5 aromatic rings. The number of aromatic nitrogens is 1. The number of benzene rings is 3. The fraction of sp³-hybridized carbons (Fsp3) is 0.364. The van der Waals surface area contributed by atoms with Crippen molar-refractivity contribution in [3.63, 3.8) is 0 Å². The minimum Gasteiger partial charge on any atom is -0.148 e. The van der Waals surface area contributed by atoms with Gasteiger partial charge in [-0.15, -0.1) is 4.57 Å². The number of aryl methyl sites for hydroxylation is 3. The van der Waals surface area contributed by atoms with Gasteiger partial charge in [0.15, 0.2) is 5.69 Å². The van der Waals surface area contributed by atoms with Gasteiger partial charge in [0, 0.05) is 34.7 Å². The first-order valence-corrected chi connectivity index (χ1v) is 13.6. The molecule has 5 rings (SSSR count). The van der Waals surface area contributed by atoms with Crippen LogP contribution in [0.5, 0.6) is 0 Å². The lowest BCUT2D eigenvalue weighted by atomic mass is 9.82. The first-order chi connectivity index (χ1) is 16.4. The van der Waals surface area contributed by atoms with Crippen LogP contribution in [0.2, 0.25) is 0 Å². The summed E-state index contributed by atoms with van der Waals surface area (Å²) < 4.78 is 3.94. The number of thiophene rings is 1. The molecule has 2 heteroatoms. The monoisotopic (exact) mass is 480 g/mol. The van der Waals surface area contributed by atoms with Crippen LogP contribution in [0, 0.1) is 26.2 Å². The molecule has 0 unspecified atom stereocenters. The molecule has 1 nitrogen and oxygen atoms in total. The van der Waals surface area contributed by atoms with Crippen LogP contribution in [0.15, 0.2) is 54.6 Å². The van der Waals surface area contributed by atoms with Crippen molar-refractivity contribution < 1.29 is 4.57 Å². The number of hydrogen-bond donors (Lipinski definition) is 0. The largest absolute Gasteiger partial charge is 0.276 e. The molecule has 0 amide bonds. The van der Waals surface area contributed by atoms with Crippen LogP contribution >= 0.6 is 11.3 Å². The fourth-order valence-electron chi connectivity index (χ4n) is 5.53. The van der Waals surface area contributed by atoms with E-state index in [1.54, 1.807) is 0 Å². The van der Waals surface area contributed by atoms with E-state index >= 15 is 0 Å². The Morgan fingerprint density at radius 3 is 2.03 bits per heavy atom. The van der Waals surface area contributed by atoms with Gasteiger partial charge >= 0.3 is 0 Å². The molecule has 0 atom stereocenters. The molecule has 0 bridgehead atoms. The summed E-state index contributed by atoms with van der Waals surface area (Å²) in [6.07, 6.45) is 1.10. The molecule has 180 valence electrons. The summed E-state index contributed by atoms with van der Waals surface area (Å²) >= 11 is 1.95. The molecule has 2 heterocycles. The second-order valence-corrected chi connectivity index (χ2v) is 13.5. The van der Waals surface area contributed by atoms with E-state index in [1.165, 1.54) is 64.7 Å². The van der Waals surface area contributed by atoms with E-state index in [2.05, 4.69) is 121 Å². The van der Waals surface area contributed by atoms with Crippen LogP contribution in [0.3, 0.4) is 0 Å². The Labute approximate surface area is 214 Å².